The van der Waals surface area contributed by atoms with Crippen LogP contribution in [-0.4, -0.2) is 43.3 Å². The Morgan fingerprint density at radius 2 is 1.87 bits per heavy atom. The molecule has 0 amide bonds. The number of hydrogen-bond donors (Lipinski definition) is 1. The molecule has 0 radical (unpaired) electrons. The number of hydrogen-bond acceptors (Lipinski definition) is 3. The van der Waals surface area contributed by atoms with Crippen LogP contribution in [0.5, 0.6) is 0 Å². The van der Waals surface area contributed by atoms with E-state index < -0.39 is 0 Å². The van der Waals surface area contributed by atoms with Crippen molar-refractivity contribution >= 4 is 0 Å². The van der Waals surface area contributed by atoms with Gasteiger partial charge in [0.05, 0.1) is 5.60 Å². The summed E-state index contributed by atoms with van der Waals surface area (Å²) in [7, 11) is 0. The van der Waals surface area contributed by atoms with Crippen molar-refractivity contribution in [3.8, 4) is 0 Å². The van der Waals surface area contributed by atoms with Gasteiger partial charge in [-0.05, 0) is 32.2 Å². The molecule has 0 bridgehead atoms. The van der Waals surface area contributed by atoms with Crippen molar-refractivity contribution in [2.75, 3.05) is 32.8 Å². The van der Waals surface area contributed by atoms with Crippen LogP contribution >= 0.6 is 0 Å². The fraction of sp³-hybridized carbons (Fsp3) is 1.00. The average Bonchev–Trinajstić information content (AvgIpc) is 2.29. The summed E-state index contributed by atoms with van der Waals surface area (Å²) >= 11 is 0. The van der Waals surface area contributed by atoms with E-state index >= 15 is 0 Å². The van der Waals surface area contributed by atoms with Crippen molar-refractivity contribution in [1.82, 2.24) is 4.90 Å². The third kappa shape index (κ3) is 3.74. The quantitative estimate of drug-likeness (QED) is 0.730. The highest BCUT2D eigenvalue weighted by Crippen LogP contribution is 2.25. The fourth-order valence-electron chi connectivity index (χ4n) is 2.23. The molecule has 1 aliphatic heterocycles. The third-order valence-electron chi connectivity index (χ3n) is 3.29. The first-order chi connectivity index (χ1) is 7.26. The minimum atomic E-state index is -0.0136. The molecular formula is C12H26N2O. The largest absolute Gasteiger partial charge is 0.374 e. The van der Waals surface area contributed by atoms with Crippen LogP contribution in [0, 0.1) is 0 Å². The average molecular weight is 214 g/mol. The summed E-state index contributed by atoms with van der Waals surface area (Å²) < 4.78 is 5.94. The second kappa shape index (κ2) is 6.46. The van der Waals surface area contributed by atoms with Crippen molar-refractivity contribution in [1.29, 1.82) is 0 Å². The Bertz CT molecular complexity index is 165. The van der Waals surface area contributed by atoms with Gasteiger partial charge in [-0.2, -0.15) is 0 Å². The summed E-state index contributed by atoms with van der Waals surface area (Å²) in [6, 6.07) is 0. The second-order valence-electron chi connectivity index (χ2n) is 4.58. The van der Waals surface area contributed by atoms with E-state index in [0.29, 0.717) is 6.54 Å². The lowest BCUT2D eigenvalue weighted by molar-refractivity contribution is -0.0770. The van der Waals surface area contributed by atoms with E-state index in [1.807, 2.05) is 0 Å². The molecule has 1 saturated heterocycles. The van der Waals surface area contributed by atoms with Crippen LogP contribution in [0.15, 0.2) is 0 Å². The molecule has 2 N–H and O–H groups in total. The molecule has 1 rings (SSSR count). The molecule has 0 saturated carbocycles. The lowest BCUT2D eigenvalue weighted by Gasteiger charge is -2.41. The normalized spacial score (nSPS) is 21.8. The molecule has 3 heteroatoms. The van der Waals surface area contributed by atoms with Gasteiger partial charge in [0.25, 0.3) is 0 Å². The Hall–Kier alpha value is -0.120. The van der Waals surface area contributed by atoms with Gasteiger partial charge in [-0.3, -0.25) is 0 Å². The molecule has 0 aromatic heterocycles. The lowest BCUT2D eigenvalue weighted by Crippen LogP contribution is -2.50. The Morgan fingerprint density at radius 1 is 1.20 bits per heavy atom. The molecule has 0 unspecified atom stereocenters. The Labute approximate surface area is 94.0 Å². The molecule has 0 aromatic rings. The summed E-state index contributed by atoms with van der Waals surface area (Å²) in [5.74, 6) is 0. The van der Waals surface area contributed by atoms with Crippen LogP contribution in [0.25, 0.3) is 0 Å². The van der Waals surface area contributed by atoms with Crippen molar-refractivity contribution in [3.63, 3.8) is 0 Å². The Morgan fingerprint density at radius 3 is 2.33 bits per heavy atom. The number of nitrogens with two attached hydrogens (primary N) is 1. The monoisotopic (exact) mass is 214 g/mol. The molecule has 0 aromatic carbocycles. The van der Waals surface area contributed by atoms with Gasteiger partial charge < -0.3 is 15.4 Å². The van der Waals surface area contributed by atoms with Gasteiger partial charge in [-0.15, -0.1) is 0 Å². The summed E-state index contributed by atoms with van der Waals surface area (Å²) in [6.07, 6.45) is 4.53. The first-order valence-corrected chi connectivity index (χ1v) is 6.32. The van der Waals surface area contributed by atoms with E-state index in [2.05, 4.69) is 18.7 Å². The minimum Gasteiger partial charge on any atom is -0.374 e. The SMILES string of the molecule is CCCOC1(CN)CCN(CCC)CC1. The van der Waals surface area contributed by atoms with E-state index in [1.165, 1.54) is 13.0 Å². The number of nitrogens with zero attached hydrogens (tertiary/aromatic N) is 1. The predicted octanol–water partition coefficient (Wildman–Crippen LogP) is 1.62. The maximum atomic E-state index is 5.94. The summed E-state index contributed by atoms with van der Waals surface area (Å²) in [4.78, 5) is 2.52. The van der Waals surface area contributed by atoms with Crippen LogP contribution < -0.4 is 5.73 Å². The zero-order valence-electron chi connectivity index (χ0n) is 10.3. The maximum absolute atomic E-state index is 5.94. The fourth-order valence-corrected chi connectivity index (χ4v) is 2.23. The van der Waals surface area contributed by atoms with Crippen molar-refractivity contribution in [2.24, 2.45) is 5.73 Å². The van der Waals surface area contributed by atoms with Crippen molar-refractivity contribution < 1.29 is 4.74 Å². The van der Waals surface area contributed by atoms with Crippen LogP contribution in [0.2, 0.25) is 0 Å². The maximum Gasteiger partial charge on any atom is 0.0828 e. The molecule has 3 nitrogen and oxygen atoms in total. The Balaban J connectivity index is 2.36. The van der Waals surface area contributed by atoms with Gasteiger partial charge in [0.15, 0.2) is 0 Å². The number of ether oxygens (including phenoxy) is 1. The standard InChI is InChI=1S/C12H26N2O/c1-3-7-14-8-5-12(11-13,6-9-14)15-10-4-2/h3-11,13H2,1-2H3. The smallest absolute Gasteiger partial charge is 0.0828 e. The highest BCUT2D eigenvalue weighted by Gasteiger charge is 2.33. The van der Waals surface area contributed by atoms with Gasteiger partial charge in [-0.25, -0.2) is 0 Å². The predicted molar refractivity (Wildman–Crippen MR) is 64.0 cm³/mol. The topological polar surface area (TPSA) is 38.5 Å². The van der Waals surface area contributed by atoms with Gasteiger partial charge >= 0.3 is 0 Å². The van der Waals surface area contributed by atoms with E-state index in [9.17, 15) is 0 Å². The third-order valence-corrected chi connectivity index (χ3v) is 3.29. The highest BCUT2D eigenvalue weighted by molar-refractivity contribution is 4.88. The van der Waals surface area contributed by atoms with Crippen LogP contribution in [-0.2, 0) is 4.74 Å². The molecular weight excluding hydrogens is 188 g/mol. The first-order valence-electron chi connectivity index (χ1n) is 6.32. The lowest BCUT2D eigenvalue weighted by atomic mass is 9.91. The zero-order chi connectivity index (χ0) is 11.1. The number of rotatable bonds is 6. The highest BCUT2D eigenvalue weighted by atomic mass is 16.5. The number of likely N-dealkylation sites (tertiary alicyclic amines) is 1. The van der Waals surface area contributed by atoms with Crippen LogP contribution in [0.3, 0.4) is 0 Å². The first kappa shape index (κ1) is 12.9. The molecule has 0 spiro atoms. The molecule has 15 heavy (non-hydrogen) atoms. The molecule has 1 aliphatic rings. The van der Waals surface area contributed by atoms with E-state index in [4.69, 9.17) is 10.5 Å². The van der Waals surface area contributed by atoms with Gasteiger partial charge in [0, 0.05) is 26.2 Å². The van der Waals surface area contributed by atoms with Crippen molar-refractivity contribution in [2.45, 2.75) is 45.1 Å². The second-order valence-corrected chi connectivity index (χ2v) is 4.58. The van der Waals surface area contributed by atoms with Crippen LogP contribution in [0.1, 0.15) is 39.5 Å². The Kier molecular flexibility index (Phi) is 5.58. The molecule has 90 valence electrons. The number of piperidine rings is 1. The molecule has 1 heterocycles. The summed E-state index contributed by atoms with van der Waals surface area (Å²) in [6.45, 7) is 9.42. The summed E-state index contributed by atoms with van der Waals surface area (Å²) in [5, 5.41) is 0. The molecule has 0 atom stereocenters. The van der Waals surface area contributed by atoms with Gasteiger partial charge in [0.1, 0.15) is 0 Å². The van der Waals surface area contributed by atoms with Gasteiger partial charge in [-0.1, -0.05) is 13.8 Å². The molecule has 0 aliphatic carbocycles. The summed E-state index contributed by atoms with van der Waals surface area (Å²) in [5.41, 5.74) is 5.84. The van der Waals surface area contributed by atoms with E-state index in [0.717, 1.165) is 39.0 Å². The van der Waals surface area contributed by atoms with E-state index in [1.54, 1.807) is 0 Å². The van der Waals surface area contributed by atoms with E-state index in [-0.39, 0.29) is 5.60 Å². The molecule has 1 fully saturated rings. The zero-order valence-corrected chi connectivity index (χ0v) is 10.3. The van der Waals surface area contributed by atoms with Crippen molar-refractivity contribution in [3.05, 3.63) is 0 Å². The minimum absolute atomic E-state index is 0.0136. The van der Waals surface area contributed by atoms with Crippen LogP contribution in [0.4, 0.5) is 0 Å². The van der Waals surface area contributed by atoms with Gasteiger partial charge in [0.2, 0.25) is 0 Å².